The zero-order valence-electron chi connectivity index (χ0n) is 14.2. The molecule has 1 aliphatic rings. The van der Waals surface area contributed by atoms with Gasteiger partial charge in [0.25, 0.3) is 0 Å². The van der Waals surface area contributed by atoms with Crippen molar-refractivity contribution in [1.29, 1.82) is 0 Å². The van der Waals surface area contributed by atoms with E-state index in [2.05, 4.69) is 30.9 Å². The van der Waals surface area contributed by atoms with E-state index in [1.165, 1.54) is 0 Å². The normalized spacial score (nSPS) is 12.0. The zero-order valence-corrected chi connectivity index (χ0v) is 14.2. The number of nitrogens with one attached hydrogen (secondary N) is 3. The van der Waals surface area contributed by atoms with Gasteiger partial charge in [0.1, 0.15) is 11.5 Å². The molecule has 3 aromatic rings. The lowest BCUT2D eigenvalue weighted by Gasteiger charge is -2.10. The maximum absolute atomic E-state index is 5.49. The monoisotopic (exact) mass is 354 g/mol. The summed E-state index contributed by atoms with van der Waals surface area (Å²) < 4.78 is 16.2. The molecule has 2 aromatic heterocycles. The van der Waals surface area contributed by atoms with Gasteiger partial charge in [0.15, 0.2) is 6.73 Å². The Kier molecular flexibility index (Phi) is 4.42. The number of nitrogens with zero attached hydrogens (tertiary/aromatic N) is 3. The minimum atomic E-state index is 0.242. The molecule has 0 saturated carbocycles. The van der Waals surface area contributed by atoms with Crippen LogP contribution in [0.1, 0.15) is 12.7 Å². The quantitative estimate of drug-likeness (QED) is 0.590. The standard InChI is InChI=1S/C17H18N6O3/c1-2-24-17-22-15(18-9-12-4-3-7-25-12)21-16(23-17)20-11-5-6-13-14(8-11)26-10-19-13/h3-8,19H,2,9-10H2,1H3,(H2,18,20,21,22,23). The van der Waals surface area contributed by atoms with Crippen LogP contribution in [0.15, 0.2) is 41.0 Å². The van der Waals surface area contributed by atoms with E-state index in [1.807, 2.05) is 37.3 Å². The van der Waals surface area contributed by atoms with Crippen molar-refractivity contribution in [2.75, 3.05) is 29.3 Å². The van der Waals surface area contributed by atoms with Gasteiger partial charge in [-0.1, -0.05) is 0 Å². The summed E-state index contributed by atoms with van der Waals surface area (Å²) >= 11 is 0. The van der Waals surface area contributed by atoms with Crippen molar-refractivity contribution in [3.8, 4) is 11.8 Å². The molecular formula is C17H18N6O3. The molecule has 0 radical (unpaired) electrons. The molecule has 0 amide bonds. The summed E-state index contributed by atoms with van der Waals surface area (Å²) in [5.41, 5.74) is 1.76. The highest BCUT2D eigenvalue weighted by atomic mass is 16.5. The van der Waals surface area contributed by atoms with Crippen LogP contribution in [0.3, 0.4) is 0 Å². The van der Waals surface area contributed by atoms with Gasteiger partial charge in [0.2, 0.25) is 11.9 Å². The highest BCUT2D eigenvalue weighted by Crippen LogP contribution is 2.32. The molecule has 0 aliphatic carbocycles. The van der Waals surface area contributed by atoms with E-state index in [0.717, 1.165) is 22.9 Å². The fraction of sp³-hybridized carbons (Fsp3) is 0.235. The lowest BCUT2D eigenvalue weighted by molar-refractivity contribution is 0.312. The van der Waals surface area contributed by atoms with E-state index in [1.54, 1.807) is 6.26 Å². The second-order valence-electron chi connectivity index (χ2n) is 5.43. The molecule has 1 aliphatic heterocycles. The fourth-order valence-corrected chi connectivity index (χ4v) is 2.45. The molecule has 26 heavy (non-hydrogen) atoms. The van der Waals surface area contributed by atoms with Gasteiger partial charge in [-0.3, -0.25) is 0 Å². The van der Waals surface area contributed by atoms with Gasteiger partial charge in [-0.15, -0.1) is 0 Å². The molecule has 9 nitrogen and oxygen atoms in total. The van der Waals surface area contributed by atoms with Crippen LogP contribution >= 0.6 is 0 Å². The number of anilines is 4. The van der Waals surface area contributed by atoms with Crippen molar-refractivity contribution < 1.29 is 13.9 Å². The third-order valence-electron chi connectivity index (χ3n) is 3.62. The Labute approximate surface area is 149 Å². The first-order valence-corrected chi connectivity index (χ1v) is 8.23. The molecule has 134 valence electrons. The number of aromatic nitrogens is 3. The van der Waals surface area contributed by atoms with E-state index in [-0.39, 0.29) is 6.01 Å². The van der Waals surface area contributed by atoms with Crippen molar-refractivity contribution in [3.63, 3.8) is 0 Å². The summed E-state index contributed by atoms with van der Waals surface area (Å²) in [5, 5.41) is 9.38. The summed E-state index contributed by atoms with van der Waals surface area (Å²) in [5.74, 6) is 2.32. The molecule has 0 fully saturated rings. The smallest absolute Gasteiger partial charge is 0.323 e. The SMILES string of the molecule is CCOc1nc(NCc2ccco2)nc(Nc2ccc3c(c2)OCN3)n1. The van der Waals surface area contributed by atoms with Gasteiger partial charge in [-0.2, -0.15) is 15.0 Å². The zero-order chi connectivity index (χ0) is 17.8. The fourth-order valence-electron chi connectivity index (χ4n) is 2.45. The van der Waals surface area contributed by atoms with Gasteiger partial charge in [-0.25, -0.2) is 0 Å². The first kappa shape index (κ1) is 16.0. The van der Waals surface area contributed by atoms with Crippen LogP contribution in [0.5, 0.6) is 11.8 Å². The molecule has 0 unspecified atom stereocenters. The average molecular weight is 354 g/mol. The van der Waals surface area contributed by atoms with E-state index in [4.69, 9.17) is 13.9 Å². The molecule has 1 aromatic carbocycles. The Morgan fingerprint density at radius 3 is 2.96 bits per heavy atom. The number of fused-ring (bicyclic) bond motifs is 1. The van der Waals surface area contributed by atoms with Crippen molar-refractivity contribution in [2.45, 2.75) is 13.5 Å². The van der Waals surface area contributed by atoms with Gasteiger partial charge < -0.3 is 29.8 Å². The second-order valence-corrected chi connectivity index (χ2v) is 5.43. The lowest BCUT2D eigenvalue weighted by Crippen LogP contribution is -2.09. The summed E-state index contributed by atoms with van der Waals surface area (Å²) in [6.07, 6.45) is 1.62. The van der Waals surface area contributed by atoms with Crippen LogP contribution < -0.4 is 25.4 Å². The minimum absolute atomic E-state index is 0.242. The van der Waals surface area contributed by atoms with Crippen molar-refractivity contribution in [1.82, 2.24) is 15.0 Å². The number of ether oxygens (including phenoxy) is 2. The number of hydrogen-bond acceptors (Lipinski definition) is 9. The summed E-state index contributed by atoms with van der Waals surface area (Å²) in [7, 11) is 0. The topological polar surface area (TPSA) is 106 Å². The van der Waals surface area contributed by atoms with Crippen molar-refractivity contribution >= 4 is 23.3 Å². The van der Waals surface area contributed by atoms with Gasteiger partial charge in [0.05, 0.1) is 25.1 Å². The van der Waals surface area contributed by atoms with Crippen LogP contribution in [0.4, 0.5) is 23.3 Å². The van der Waals surface area contributed by atoms with Crippen LogP contribution in [-0.2, 0) is 6.54 Å². The molecule has 0 bridgehead atoms. The highest BCUT2D eigenvalue weighted by Gasteiger charge is 2.13. The second kappa shape index (κ2) is 7.18. The molecule has 3 heterocycles. The Balaban J connectivity index is 1.53. The van der Waals surface area contributed by atoms with E-state index >= 15 is 0 Å². The Hall–Kier alpha value is -3.49. The van der Waals surface area contributed by atoms with Gasteiger partial charge in [-0.05, 0) is 31.2 Å². The van der Waals surface area contributed by atoms with Crippen LogP contribution in [0.2, 0.25) is 0 Å². The first-order valence-electron chi connectivity index (χ1n) is 8.23. The van der Waals surface area contributed by atoms with Crippen LogP contribution in [-0.4, -0.2) is 28.3 Å². The maximum Gasteiger partial charge on any atom is 0.323 e. The molecule has 3 N–H and O–H groups in total. The predicted octanol–water partition coefficient (Wildman–Crippen LogP) is 2.98. The average Bonchev–Trinajstić information content (AvgIpc) is 3.31. The third kappa shape index (κ3) is 3.61. The molecule has 9 heteroatoms. The molecule has 0 saturated heterocycles. The molecule has 0 spiro atoms. The Morgan fingerprint density at radius 1 is 1.19 bits per heavy atom. The number of hydrogen-bond donors (Lipinski definition) is 3. The Bertz CT molecular complexity index is 884. The molecular weight excluding hydrogens is 336 g/mol. The van der Waals surface area contributed by atoms with E-state index in [0.29, 0.717) is 31.8 Å². The Morgan fingerprint density at radius 2 is 2.12 bits per heavy atom. The van der Waals surface area contributed by atoms with E-state index < -0.39 is 0 Å². The summed E-state index contributed by atoms with van der Waals surface area (Å²) in [4.78, 5) is 12.9. The van der Waals surface area contributed by atoms with Crippen LogP contribution in [0.25, 0.3) is 0 Å². The first-order chi connectivity index (χ1) is 12.8. The van der Waals surface area contributed by atoms with Gasteiger partial charge in [0, 0.05) is 11.8 Å². The maximum atomic E-state index is 5.49. The lowest BCUT2D eigenvalue weighted by atomic mass is 10.2. The van der Waals surface area contributed by atoms with Crippen molar-refractivity contribution in [3.05, 3.63) is 42.4 Å². The van der Waals surface area contributed by atoms with E-state index in [9.17, 15) is 0 Å². The largest absolute Gasteiger partial charge is 0.471 e. The predicted molar refractivity (Wildman–Crippen MR) is 95.9 cm³/mol. The number of furan rings is 1. The van der Waals surface area contributed by atoms with Crippen LogP contribution in [0, 0.1) is 0 Å². The third-order valence-corrected chi connectivity index (χ3v) is 3.62. The van der Waals surface area contributed by atoms with Crippen molar-refractivity contribution in [2.24, 2.45) is 0 Å². The molecule has 0 atom stereocenters. The summed E-state index contributed by atoms with van der Waals surface area (Å²) in [6, 6.07) is 9.68. The highest BCUT2D eigenvalue weighted by molar-refractivity contribution is 5.67. The number of rotatable bonds is 7. The summed E-state index contributed by atoms with van der Waals surface area (Å²) in [6.45, 7) is 3.26. The molecule has 4 rings (SSSR count). The number of benzene rings is 1. The van der Waals surface area contributed by atoms with Gasteiger partial charge >= 0.3 is 6.01 Å². The minimum Gasteiger partial charge on any atom is -0.471 e.